The molecule has 0 bridgehead atoms. The highest BCUT2D eigenvalue weighted by molar-refractivity contribution is 8.02. The van der Waals surface area contributed by atoms with Crippen molar-refractivity contribution in [1.29, 1.82) is 0 Å². The van der Waals surface area contributed by atoms with E-state index in [1.807, 2.05) is 30.3 Å². The summed E-state index contributed by atoms with van der Waals surface area (Å²) in [6.07, 6.45) is 1.22. The van der Waals surface area contributed by atoms with Crippen LogP contribution >= 0.6 is 12.1 Å². The summed E-state index contributed by atoms with van der Waals surface area (Å²) in [7, 11) is 6.09. The lowest BCUT2D eigenvalue weighted by molar-refractivity contribution is -0.133. The van der Waals surface area contributed by atoms with E-state index in [2.05, 4.69) is 51.5 Å². The lowest BCUT2D eigenvalue weighted by atomic mass is 9.90. The van der Waals surface area contributed by atoms with Crippen molar-refractivity contribution in [3.63, 3.8) is 0 Å². The summed E-state index contributed by atoms with van der Waals surface area (Å²) in [5.74, 6) is 0.589. The Morgan fingerprint density at radius 3 is 2.35 bits per heavy atom. The van der Waals surface area contributed by atoms with Crippen LogP contribution in [0.1, 0.15) is 22.3 Å². The minimum atomic E-state index is -0.570. The molecule has 0 fully saturated rings. The monoisotopic (exact) mass is 677 g/mol. The van der Waals surface area contributed by atoms with E-state index < -0.39 is 11.8 Å². The topological polar surface area (TPSA) is 78.5 Å². The van der Waals surface area contributed by atoms with E-state index in [0.29, 0.717) is 39.7 Å². The third-order valence-corrected chi connectivity index (χ3v) is 9.70. The third kappa shape index (κ3) is 6.08. The molecule has 2 aliphatic rings. The van der Waals surface area contributed by atoms with E-state index in [4.69, 9.17) is 23.7 Å². The largest absolute Gasteiger partial charge is 0.497 e. The molecule has 49 heavy (non-hydrogen) atoms. The average Bonchev–Trinajstić information content (AvgIpc) is 3.69. The van der Waals surface area contributed by atoms with Gasteiger partial charge in [-0.3, -0.25) is 4.31 Å². The summed E-state index contributed by atoms with van der Waals surface area (Å²) in [6, 6.07) is 28.8. The summed E-state index contributed by atoms with van der Waals surface area (Å²) in [4.78, 5) is 13.7. The van der Waals surface area contributed by atoms with Gasteiger partial charge in [0.2, 0.25) is 11.9 Å². The van der Waals surface area contributed by atoms with Crippen LogP contribution in [0.2, 0.25) is 0 Å². The zero-order chi connectivity index (χ0) is 34.1. The number of methoxy groups -OCH3 is 4. The highest BCUT2D eigenvalue weighted by atomic mass is 32.2. The Hall–Kier alpha value is -5.35. The quantitative estimate of drug-likeness (QED) is 0.110. The second-order valence-electron chi connectivity index (χ2n) is 11.5. The van der Waals surface area contributed by atoms with E-state index in [9.17, 15) is 4.79 Å². The van der Waals surface area contributed by atoms with Crippen molar-refractivity contribution in [3.05, 3.63) is 131 Å². The van der Waals surface area contributed by atoms with E-state index in [1.165, 1.54) is 48.8 Å². The number of esters is 1. The van der Waals surface area contributed by atoms with Crippen LogP contribution in [0.4, 0.5) is 15.8 Å². The van der Waals surface area contributed by atoms with Crippen molar-refractivity contribution in [3.8, 4) is 23.0 Å². The minimum Gasteiger partial charge on any atom is -0.497 e. The van der Waals surface area contributed by atoms with Gasteiger partial charge in [-0.2, -0.15) is 0 Å². The summed E-state index contributed by atoms with van der Waals surface area (Å²) in [6.45, 7) is 0.782. The highest BCUT2D eigenvalue weighted by Gasteiger charge is 2.39. The Labute approximate surface area is 288 Å². The molecule has 0 aliphatic carbocycles. The number of carbonyl (C=O) groups excluding carboxylic acids is 1. The van der Waals surface area contributed by atoms with Gasteiger partial charge in [0, 0.05) is 23.7 Å². The van der Waals surface area contributed by atoms with Crippen molar-refractivity contribution in [2.75, 3.05) is 44.0 Å². The Morgan fingerprint density at radius 2 is 1.61 bits per heavy atom. The van der Waals surface area contributed by atoms with Crippen molar-refractivity contribution in [2.45, 2.75) is 12.8 Å². The van der Waals surface area contributed by atoms with Gasteiger partial charge in [0.15, 0.2) is 11.5 Å². The van der Waals surface area contributed by atoms with Gasteiger partial charge in [-0.25, -0.2) is 9.18 Å². The maximum Gasteiger partial charge on any atom is 0.340 e. The van der Waals surface area contributed by atoms with Crippen molar-refractivity contribution >= 4 is 45.8 Å². The number of halogens is 1. The number of nitrogens with one attached hydrogen (secondary N) is 1. The van der Waals surface area contributed by atoms with Crippen LogP contribution in [0.3, 0.4) is 0 Å². The number of hydrogen-bond donors (Lipinski definition) is 1. The number of cyclic esters (lactones) is 1. The second-order valence-corrected chi connectivity index (χ2v) is 12.4. The number of ether oxygens (including phenoxy) is 5. The molecule has 1 N–H and O–H groups in total. The molecular weight excluding hydrogens is 644 g/mol. The molecule has 10 heteroatoms. The Bertz CT molecular complexity index is 2070. The number of anilines is 2. The number of carbonyl (C=O) groups is 1. The first-order valence-corrected chi connectivity index (χ1v) is 16.5. The fourth-order valence-corrected chi connectivity index (χ4v) is 7.22. The first-order chi connectivity index (χ1) is 23.9. The normalized spacial score (nSPS) is 14.1. The summed E-state index contributed by atoms with van der Waals surface area (Å²) in [5.41, 5.74) is 5.60. The number of fused-ring (bicyclic) bond motifs is 2. The van der Waals surface area contributed by atoms with Crippen LogP contribution in [0.25, 0.3) is 16.3 Å². The molecule has 0 amide bonds. The lowest BCUT2D eigenvalue weighted by Gasteiger charge is -2.18. The smallest absolute Gasteiger partial charge is 0.340 e. The predicted octanol–water partition coefficient (Wildman–Crippen LogP) is 8.18. The van der Waals surface area contributed by atoms with Gasteiger partial charge in [0.05, 0.1) is 57.5 Å². The van der Waals surface area contributed by atoms with E-state index in [1.54, 1.807) is 26.4 Å². The zero-order valence-electron chi connectivity index (χ0n) is 27.5. The molecule has 8 nitrogen and oxygen atoms in total. The molecule has 0 saturated heterocycles. The summed E-state index contributed by atoms with van der Waals surface area (Å²) in [5, 5.41) is 2.48. The maximum absolute atomic E-state index is 15.5. The van der Waals surface area contributed by atoms with Gasteiger partial charge in [0.1, 0.15) is 11.6 Å². The molecule has 1 radical (unpaired) electrons. The molecule has 2 heterocycles. The van der Waals surface area contributed by atoms with Gasteiger partial charge in [-0.15, -0.1) is 0 Å². The molecule has 5 aromatic carbocycles. The first-order valence-electron chi connectivity index (χ1n) is 15.7. The van der Waals surface area contributed by atoms with Gasteiger partial charge in [-0.05, 0) is 76.7 Å². The molecule has 7 rings (SSSR count). The van der Waals surface area contributed by atoms with Crippen LogP contribution in [-0.4, -0.2) is 41.0 Å². The van der Waals surface area contributed by atoms with E-state index >= 15 is 4.39 Å². The molecular formula is C39H34FN2O6S. The predicted molar refractivity (Wildman–Crippen MR) is 191 cm³/mol. The number of nitrogens with zero attached hydrogens (tertiary/aromatic N) is 1. The standard InChI is InChI=1S/C39H34FN2O6S/c1-44-27-13-14-29(31(40)22-27)37-30(18-23-19-34(45-2)38(47-4)35(20-23)46-3)36(39(43)48-37)26-12-15-33-32(21-26)41-49-42(33)17-16-25-10-7-9-24-8-5-6-11-28(24)25/h5-15,19-22,41H,16-18H2,1-4H3. The Morgan fingerprint density at radius 1 is 0.837 bits per heavy atom. The van der Waals surface area contributed by atoms with Gasteiger partial charge < -0.3 is 28.4 Å². The summed E-state index contributed by atoms with van der Waals surface area (Å²) >= 11 is 1.51. The van der Waals surface area contributed by atoms with E-state index in [-0.39, 0.29) is 18.1 Å². The molecule has 2 aliphatic heterocycles. The fraction of sp³-hybridized carbons (Fsp3) is 0.179. The lowest BCUT2D eigenvalue weighted by Crippen LogP contribution is -2.15. The molecule has 249 valence electrons. The van der Waals surface area contributed by atoms with Gasteiger partial charge in [0.25, 0.3) is 0 Å². The number of benzene rings is 5. The molecule has 5 aromatic rings. The SMILES string of the molecule is COc1ccc([C]2OC(=O)C(c3ccc4c(c3)NSN4CCc3cccc4ccccc34)=C2Cc2cc(OC)c(OC)c(OC)c2)c(F)c1. The zero-order valence-corrected chi connectivity index (χ0v) is 28.3. The van der Waals surface area contributed by atoms with Gasteiger partial charge >= 0.3 is 5.97 Å². The molecule has 0 aromatic heterocycles. The number of hydrogen-bond acceptors (Lipinski definition) is 9. The Kier molecular flexibility index (Phi) is 8.97. The molecule has 0 saturated carbocycles. The highest BCUT2D eigenvalue weighted by Crippen LogP contribution is 2.47. The second kappa shape index (κ2) is 13.6. The molecule has 0 spiro atoms. The van der Waals surface area contributed by atoms with Crippen molar-refractivity contribution in [1.82, 2.24) is 0 Å². The van der Waals surface area contributed by atoms with Crippen LogP contribution < -0.4 is 28.0 Å². The van der Waals surface area contributed by atoms with E-state index in [0.717, 1.165) is 29.9 Å². The van der Waals surface area contributed by atoms with Crippen LogP contribution in [0.15, 0.2) is 96.6 Å². The summed E-state index contributed by atoms with van der Waals surface area (Å²) < 4.78 is 48.9. The first kappa shape index (κ1) is 32.2. The molecule has 0 atom stereocenters. The van der Waals surface area contributed by atoms with Crippen LogP contribution in [0, 0.1) is 11.9 Å². The molecule has 0 unspecified atom stereocenters. The van der Waals surface area contributed by atoms with Crippen LogP contribution in [0.5, 0.6) is 23.0 Å². The maximum atomic E-state index is 15.5. The Balaban J connectivity index is 1.25. The third-order valence-electron chi connectivity index (χ3n) is 8.78. The minimum absolute atomic E-state index is 0.147. The number of rotatable bonds is 11. The van der Waals surface area contributed by atoms with Crippen LogP contribution in [-0.2, 0) is 22.4 Å². The van der Waals surface area contributed by atoms with Crippen molar-refractivity contribution in [2.24, 2.45) is 0 Å². The average molecular weight is 678 g/mol. The van der Waals surface area contributed by atoms with Gasteiger partial charge in [-0.1, -0.05) is 48.5 Å². The van der Waals surface area contributed by atoms with Crippen molar-refractivity contribution < 1.29 is 32.9 Å². The fourth-order valence-electron chi connectivity index (χ4n) is 6.41.